The van der Waals surface area contributed by atoms with Crippen molar-refractivity contribution < 1.29 is 23.9 Å². The third-order valence-corrected chi connectivity index (χ3v) is 5.90. The lowest BCUT2D eigenvalue weighted by Crippen LogP contribution is -2.50. The normalized spacial score (nSPS) is 21.7. The molecule has 0 aliphatic carbocycles. The molecule has 1 aliphatic rings. The monoisotopic (exact) mass is 491 g/mol. The molecule has 196 valence electrons. The lowest BCUT2D eigenvalue weighted by molar-refractivity contribution is -0.136. The van der Waals surface area contributed by atoms with Gasteiger partial charge in [0.2, 0.25) is 5.91 Å². The quantitative estimate of drug-likeness (QED) is 0.654. The number of nitrogens with one attached hydrogen (secondary N) is 2. The molecule has 1 aromatic carbocycles. The predicted octanol–water partition coefficient (Wildman–Crippen LogP) is 2.11. The number of likely N-dealkylation sites (N-methyl/N-ethyl adjacent to an activating group) is 2. The SMILES string of the molecule is CO[C@@H]1CN(C)C(=O)c2ccc(NC(=O)NC(C)C)cc2OC[C@H](C)N(C(=O)CN(C)C)C[C@H]1C. The summed E-state index contributed by atoms with van der Waals surface area (Å²) in [6, 6.07) is 4.35. The van der Waals surface area contributed by atoms with Gasteiger partial charge in [-0.15, -0.1) is 0 Å². The smallest absolute Gasteiger partial charge is 0.319 e. The van der Waals surface area contributed by atoms with Gasteiger partial charge in [-0.05, 0) is 47.0 Å². The van der Waals surface area contributed by atoms with E-state index < -0.39 is 0 Å². The van der Waals surface area contributed by atoms with Gasteiger partial charge in [0.15, 0.2) is 0 Å². The highest BCUT2D eigenvalue weighted by atomic mass is 16.5. The summed E-state index contributed by atoms with van der Waals surface area (Å²) in [4.78, 5) is 43.8. The van der Waals surface area contributed by atoms with E-state index in [4.69, 9.17) is 9.47 Å². The van der Waals surface area contributed by atoms with E-state index in [9.17, 15) is 14.4 Å². The first-order valence-corrected chi connectivity index (χ1v) is 12.0. The molecule has 10 nitrogen and oxygen atoms in total. The van der Waals surface area contributed by atoms with Crippen LogP contribution in [0, 0.1) is 5.92 Å². The number of anilines is 1. The van der Waals surface area contributed by atoms with Crippen molar-refractivity contribution in [3.63, 3.8) is 0 Å². The van der Waals surface area contributed by atoms with E-state index in [1.165, 1.54) is 0 Å². The number of fused-ring (bicyclic) bond motifs is 1. The number of benzene rings is 1. The largest absolute Gasteiger partial charge is 0.491 e. The van der Waals surface area contributed by atoms with Gasteiger partial charge in [0.25, 0.3) is 5.91 Å². The van der Waals surface area contributed by atoms with Gasteiger partial charge in [-0.2, -0.15) is 0 Å². The Hall–Kier alpha value is -2.85. The summed E-state index contributed by atoms with van der Waals surface area (Å²) in [5.41, 5.74) is 0.879. The molecule has 1 aliphatic heterocycles. The molecule has 2 rings (SSSR count). The van der Waals surface area contributed by atoms with Crippen LogP contribution in [0.1, 0.15) is 38.1 Å². The highest BCUT2D eigenvalue weighted by Crippen LogP contribution is 2.27. The van der Waals surface area contributed by atoms with E-state index in [1.54, 1.807) is 37.3 Å². The van der Waals surface area contributed by atoms with Crippen molar-refractivity contribution in [1.29, 1.82) is 0 Å². The van der Waals surface area contributed by atoms with Gasteiger partial charge in [-0.25, -0.2) is 4.79 Å². The van der Waals surface area contributed by atoms with Gasteiger partial charge in [0, 0.05) is 51.0 Å². The number of carbonyl (C=O) groups excluding carboxylic acids is 3. The van der Waals surface area contributed by atoms with Crippen molar-refractivity contribution >= 4 is 23.5 Å². The van der Waals surface area contributed by atoms with E-state index in [2.05, 4.69) is 10.6 Å². The second-order valence-electron chi connectivity index (χ2n) is 9.85. The van der Waals surface area contributed by atoms with Gasteiger partial charge in [-0.1, -0.05) is 6.92 Å². The summed E-state index contributed by atoms with van der Waals surface area (Å²) in [6.07, 6.45) is -0.254. The Labute approximate surface area is 208 Å². The van der Waals surface area contributed by atoms with E-state index in [1.807, 2.05) is 51.6 Å². The Morgan fingerprint density at radius 2 is 1.91 bits per heavy atom. The summed E-state index contributed by atoms with van der Waals surface area (Å²) in [7, 11) is 7.06. The number of hydrogen-bond donors (Lipinski definition) is 2. The van der Waals surface area contributed by atoms with Crippen LogP contribution in [0.25, 0.3) is 0 Å². The lowest BCUT2D eigenvalue weighted by Gasteiger charge is -2.36. The van der Waals surface area contributed by atoms with Crippen molar-refractivity contribution in [3.05, 3.63) is 23.8 Å². The maximum Gasteiger partial charge on any atom is 0.319 e. The molecule has 0 fully saturated rings. The molecule has 0 saturated carbocycles. The first-order chi connectivity index (χ1) is 16.4. The van der Waals surface area contributed by atoms with Gasteiger partial charge in [0.05, 0.1) is 24.3 Å². The maximum atomic E-state index is 13.3. The molecule has 3 atom stereocenters. The fraction of sp³-hybridized carbons (Fsp3) is 0.640. The van der Waals surface area contributed by atoms with Crippen LogP contribution in [0.5, 0.6) is 5.75 Å². The van der Waals surface area contributed by atoms with Crippen LogP contribution in [-0.4, -0.2) is 105 Å². The molecule has 0 aromatic heterocycles. The summed E-state index contributed by atoms with van der Waals surface area (Å²) in [5.74, 6) is 0.129. The summed E-state index contributed by atoms with van der Waals surface area (Å²) in [6.45, 7) is 9.00. The van der Waals surface area contributed by atoms with E-state index in [0.717, 1.165) is 0 Å². The third-order valence-electron chi connectivity index (χ3n) is 5.90. The molecule has 1 heterocycles. The molecule has 4 amide bonds. The molecule has 0 radical (unpaired) electrons. The maximum absolute atomic E-state index is 13.3. The number of urea groups is 1. The Bertz CT molecular complexity index is 891. The minimum Gasteiger partial charge on any atom is -0.491 e. The van der Waals surface area contributed by atoms with Crippen molar-refractivity contribution in [2.75, 3.05) is 59.8 Å². The number of amides is 4. The molecule has 0 bridgehead atoms. The molecule has 2 N–H and O–H groups in total. The Morgan fingerprint density at radius 3 is 2.51 bits per heavy atom. The topological polar surface area (TPSA) is 103 Å². The van der Waals surface area contributed by atoms with Crippen LogP contribution in [0.2, 0.25) is 0 Å². The van der Waals surface area contributed by atoms with Crippen LogP contribution in [0.4, 0.5) is 10.5 Å². The number of carbonyl (C=O) groups is 3. The first-order valence-electron chi connectivity index (χ1n) is 12.0. The van der Waals surface area contributed by atoms with Crippen LogP contribution in [0.3, 0.4) is 0 Å². The van der Waals surface area contributed by atoms with Crippen LogP contribution < -0.4 is 15.4 Å². The zero-order valence-electron chi connectivity index (χ0n) is 22.3. The minimum atomic E-state index is -0.345. The molecule has 35 heavy (non-hydrogen) atoms. The molecular formula is C25H41N5O5. The van der Waals surface area contributed by atoms with Crippen LogP contribution >= 0.6 is 0 Å². The Kier molecular flexibility index (Phi) is 10.3. The summed E-state index contributed by atoms with van der Waals surface area (Å²) < 4.78 is 11.8. The molecule has 0 spiro atoms. The Balaban J connectivity index is 2.42. The summed E-state index contributed by atoms with van der Waals surface area (Å²) in [5, 5.41) is 5.54. The van der Waals surface area contributed by atoms with Gasteiger partial charge < -0.3 is 34.8 Å². The number of nitrogens with zero attached hydrogens (tertiary/aromatic N) is 3. The lowest BCUT2D eigenvalue weighted by atomic mass is 10.0. The van der Waals surface area contributed by atoms with Crippen molar-refractivity contribution in [3.8, 4) is 5.75 Å². The molecule has 0 unspecified atom stereocenters. The standard InChI is InChI=1S/C25H41N5O5/c1-16(2)26-25(33)27-19-9-10-20-21(11-19)35-15-18(4)30(23(31)14-28(5)6)12-17(3)22(34-8)13-29(7)24(20)32/h9-11,16-18,22H,12-15H2,1-8H3,(H2,26,27,33)/t17-,18+,22-/m1/s1. The molecule has 10 heteroatoms. The fourth-order valence-electron chi connectivity index (χ4n) is 3.99. The number of rotatable bonds is 5. The summed E-state index contributed by atoms with van der Waals surface area (Å²) >= 11 is 0. The average molecular weight is 492 g/mol. The second kappa shape index (κ2) is 12.7. The van der Waals surface area contributed by atoms with Crippen molar-refractivity contribution in [2.24, 2.45) is 5.92 Å². The molecular weight excluding hydrogens is 450 g/mol. The van der Waals surface area contributed by atoms with Gasteiger partial charge in [0.1, 0.15) is 12.4 Å². The van der Waals surface area contributed by atoms with Gasteiger partial charge in [-0.3, -0.25) is 9.59 Å². The van der Waals surface area contributed by atoms with Crippen molar-refractivity contribution in [1.82, 2.24) is 20.0 Å². The zero-order valence-corrected chi connectivity index (χ0v) is 22.3. The zero-order chi connectivity index (χ0) is 26.3. The molecule has 1 aromatic rings. The average Bonchev–Trinajstić information content (AvgIpc) is 2.76. The predicted molar refractivity (Wildman–Crippen MR) is 136 cm³/mol. The van der Waals surface area contributed by atoms with Crippen LogP contribution in [-0.2, 0) is 9.53 Å². The number of ether oxygens (including phenoxy) is 2. The van der Waals surface area contributed by atoms with Crippen molar-refractivity contribution in [2.45, 2.75) is 45.9 Å². The first kappa shape index (κ1) is 28.4. The fourth-order valence-corrected chi connectivity index (χ4v) is 3.99. The highest BCUT2D eigenvalue weighted by molar-refractivity contribution is 5.98. The van der Waals surface area contributed by atoms with E-state index in [0.29, 0.717) is 30.1 Å². The van der Waals surface area contributed by atoms with E-state index in [-0.39, 0.29) is 55.1 Å². The highest BCUT2D eigenvalue weighted by Gasteiger charge is 2.30. The minimum absolute atomic E-state index is 0.00436. The van der Waals surface area contributed by atoms with E-state index >= 15 is 0 Å². The Morgan fingerprint density at radius 1 is 1.23 bits per heavy atom. The third kappa shape index (κ3) is 8.10. The molecule has 0 saturated heterocycles. The second-order valence-corrected chi connectivity index (χ2v) is 9.85. The number of hydrogen-bond acceptors (Lipinski definition) is 6. The van der Waals surface area contributed by atoms with Gasteiger partial charge >= 0.3 is 6.03 Å². The van der Waals surface area contributed by atoms with Crippen LogP contribution in [0.15, 0.2) is 18.2 Å². The number of methoxy groups -OCH3 is 1.